The molecule has 0 bridgehead atoms. The van der Waals surface area contributed by atoms with Crippen LogP contribution in [0.3, 0.4) is 0 Å². The summed E-state index contributed by atoms with van der Waals surface area (Å²) in [6.45, 7) is 5.36. The van der Waals surface area contributed by atoms with Crippen molar-refractivity contribution in [2.75, 3.05) is 6.54 Å². The van der Waals surface area contributed by atoms with Crippen LogP contribution in [-0.4, -0.2) is 28.1 Å². The van der Waals surface area contributed by atoms with Gasteiger partial charge < -0.3 is 10.4 Å². The molecule has 0 radical (unpaired) electrons. The lowest BCUT2D eigenvalue weighted by Gasteiger charge is -2.17. The summed E-state index contributed by atoms with van der Waals surface area (Å²) in [4.78, 5) is 15.6. The molecule has 1 rings (SSSR count). The van der Waals surface area contributed by atoms with Gasteiger partial charge >= 0.3 is 0 Å². The van der Waals surface area contributed by atoms with E-state index < -0.39 is 5.60 Å². The molecule has 0 aliphatic heterocycles. The second-order valence-corrected chi connectivity index (χ2v) is 4.18. The summed E-state index contributed by atoms with van der Waals surface area (Å²) < 4.78 is 0. The molecule has 4 heteroatoms. The lowest BCUT2D eigenvalue weighted by atomic mass is 10.1. The van der Waals surface area contributed by atoms with E-state index in [-0.39, 0.29) is 12.5 Å². The smallest absolute Gasteiger partial charge is 0.252 e. The fourth-order valence-electron chi connectivity index (χ4n) is 1.00. The number of carbonyl (C=O) groups is 1. The maximum Gasteiger partial charge on any atom is 0.252 e. The molecular formula is C11H16N2O2. The van der Waals surface area contributed by atoms with Gasteiger partial charge in [-0.2, -0.15) is 0 Å². The Morgan fingerprint density at radius 3 is 2.67 bits per heavy atom. The number of carbonyl (C=O) groups excluding carboxylic acids is 1. The summed E-state index contributed by atoms with van der Waals surface area (Å²) in [6.07, 6.45) is 1.52. The predicted molar refractivity (Wildman–Crippen MR) is 57.6 cm³/mol. The molecule has 15 heavy (non-hydrogen) atoms. The number of rotatable bonds is 3. The highest BCUT2D eigenvalue weighted by atomic mass is 16.3. The van der Waals surface area contributed by atoms with E-state index in [1.807, 2.05) is 6.92 Å². The van der Waals surface area contributed by atoms with Gasteiger partial charge in [0.05, 0.1) is 11.2 Å². The van der Waals surface area contributed by atoms with E-state index in [9.17, 15) is 9.90 Å². The van der Waals surface area contributed by atoms with Gasteiger partial charge in [-0.25, -0.2) is 0 Å². The van der Waals surface area contributed by atoms with Crippen molar-refractivity contribution in [3.8, 4) is 0 Å². The van der Waals surface area contributed by atoms with E-state index in [4.69, 9.17) is 0 Å². The van der Waals surface area contributed by atoms with Crippen molar-refractivity contribution in [1.82, 2.24) is 10.3 Å². The standard InChI is InChI=1S/C11H16N2O2/c1-8-4-5-9(6-12-8)10(14)13-7-11(2,3)15/h4-6,15H,7H2,1-3H3,(H,13,14). The second kappa shape index (κ2) is 4.40. The summed E-state index contributed by atoms with van der Waals surface area (Å²) in [5.41, 5.74) is 0.479. The first-order chi connectivity index (χ1) is 6.88. The molecular weight excluding hydrogens is 192 g/mol. The van der Waals surface area contributed by atoms with Crippen molar-refractivity contribution in [2.24, 2.45) is 0 Å². The Bertz CT molecular complexity index is 339. The quantitative estimate of drug-likeness (QED) is 0.775. The largest absolute Gasteiger partial charge is 0.389 e. The van der Waals surface area contributed by atoms with Gasteiger partial charge in [0.1, 0.15) is 0 Å². The van der Waals surface area contributed by atoms with Crippen LogP contribution in [0.5, 0.6) is 0 Å². The van der Waals surface area contributed by atoms with Crippen LogP contribution < -0.4 is 5.32 Å². The van der Waals surface area contributed by atoms with Gasteiger partial charge in [0.25, 0.3) is 5.91 Å². The maximum atomic E-state index is 11.5. The minimum Gasteiger partial charge on any atom is -0.389 e. The summed E-state index contributed by atoms with van der Waals surface area (Å²) >= 11 is 0. The maximum absolute atomic E-state index is 11.5. The third-order valence-corrected chi connectivity index (χ3v) is 1.86. The molecule has 0 unspecified atom stereocenters. The number of pyridine rings is 1. The van der Waals surface area contributed by atoms with Crippen LogP contribution in [0.15, 0.2) is 18.3 Å². The van der Waals surface area contributed by atoms with Gasteiger partial charge in [-0.15, -0.1) is 0 Å². The van der Waals surface area contributed by atoms with Crippen LogP contribution in [0.4, 0.5) is 0 Å². The highest BCUT2D eigenvalue weighted by molar-refractivity contribution is 5.93. The number of aliphatic hydroxyl groups is 1. The van der Waals surface area contributed by atoms with Crippen molar-refractivity contribution in [3.05, 3.63) is 29.6 Å². The van der Waals surface area contributed by atoms with E-state index >= 15 is 0 Å². The zero-order valence-electron chi connectivity index (χ0n) is 9.24. The zero-order valence-corrected chi connectivity index (χ0v) is 9.24. The topological polar surface area (TPSA) is 62.2 Å². The van der Waals surface area contributed by atoms with Gasteiger partial charge in [0.2, 0.25) is 0 Å². The molecule has 82 valence electrons. The van der Waals surface area contributed by atoms with E-state index in [0.717, 1.165) is 5.69 Å². The summed E-state index contributed by atoms with van der Waals surface area (Å²) in [5, 5.41) is 12.1. The summed E-state index contributed by atoms with van der Waals surface area (Å²) in [5.74, 6) is -0.218. The molecule has 1 aromatic rings. The van der Waals surface area contributed by atoms with E-state index in [2.05, 4.69) is 10.3 Å². The molecule has 0 saturated carbocycles. The van der Waals surface area contributed by atoms with Crippen molar-refractivity contribution < 1.29 is 9.90 Å². The minimum atomic E-state index is -0.895. The highest BCUT2D eigenvalue weighted by Gasteiger charge is 2.14. The lowest BCUT2D eigenvalue weighted by molar-refractivity contribution is 0.0694. The number of hydrogen-bond acceptors (Lipinski definition) is 3. The molecule has 0 fully saturated rings. The monoisotopic (exact) mass is 208 g/mol. The van der Waals surface area contributed by atoms with Gasteiger partial charge in [-0.05, 0) is 32.9 Å². The number of aryl methyl sites for hydroxylation is 1. The molecule has 1 heterocycles. The van der Waals surface area contributed by atoms with Crippen LogP contribution >= 0.6 is 0 Å². The van der Waals surface area contributed by atoms with E-state index in [0.29, 0.717) is 5.56 Å². The van der Waals surface area contributed by atoms with Crippen molar-refractivity contribution in [2.45, 2.75) is 26.4 Å². The molecule has 0 atom stereocenters. The molecule has 4 nitrogen and oxygen atoms in total. The van der Waals surface area contributed by atoms with Crippen LogP contribution in [0.25, 0.3) is 0 Å². The molecule has 1 aromatic heterocycles. The number of hydrogen-bond donors (Lipinski definition) is 2. The molecule has 0 saturated heterocycles. The predicted octanol–water partition coefficient (Wildman–Crippen LogP) is 0.891. The van der Waals surface area contributed by atoms with Crippen molar-refractivity contribution >= 4 is 5.91 Å². The fraction of sp³-hybridized carbons (Fsp3) is 0.455. The average Bonchev–Trinajstić information content (AvgIpc) is 2.14. The Morgan fingerprint density at radius 2 is 2.20 bits per heavy atom. The number of amides is 1. The molecule has 0 spiro atoms. The van der Waals surface area contributed by atoms with Crippen LogP contribution in [0.1, 0.15) is 29.9 Å². The van der Waals surface area contributed by atoms with Crippen LogP contribution in [0.2, 0.25) is 0 Å². The third-order valence-electron chi connectivity index (χ3n) is 1.86. The first-order valence-electron chi connectivity index (χ1n) is 4.82. The first-order valence-corrected chi connectivity index (χ1v) is 4.82. The van der Waals surface area contributed by atoms with Gasteiger partial charge in [0.15, 0.2) is 0 Å². The Morgan fingerprint density at radius 1 is 1.53 bits per heavy atom. The van der Waals surface area contributed by atoms with Gasteiger partial charge in [-0.1, -0.05) is 0 Å². The van der Waals surface area contributed by atoms with E-state index in [1.165, 1.54) is 6.20 Å². The van der Waals surface area contributed by atoms with Gasteiger partial charge in [-0.3, -0.25) is 9.78 Å². The number of nitrogens with one attached hydrogen (secondary N) is 1. The Kier molecular flexibility index (Phi) is 3.42. The zero-order chi connectivity index (χ0) is 11.5. The second-order valence-electron chi connectivity index (χ2n) is 4.18. The summed E-state index contributed by atoms with van der Waals surface area (Å²) in [6, 6.07) is 3.49. The summed E-state index contributed by atoms with van der Waals surface area (Å²) in [7, 11) is 0. The average molecular weight is 208 g/mol. The molecule has 1 amide bonds. The Labute approximate surface area is 89.3 Å². The number of aromatic nitrogens is 1. The van der Waals surface area contributed by atoms with Crippen LogP contribution in [0, 0.1) is 6.92 Å². The van der Waals surface area contributed by atoms with Crippen molar-refractivity contribution in [3.63, 3.8) is 0 Å². The molecule has 0 aromatic carbocycles. The Balaban J connectivity index is 2.58. The normalized spacial score (nSPS) is 11.2. The lowest BCUT2D eigenvalue weighted by Crippen LogP contribution is -2.38. The Hall–Kier alpha value is -1.42. The number of nitrogens with zero attached hydrogens (tertiary/aromatic N) is 1. The van der Waals surface area contributed by atoms with Crippen molar-refractivity contribution in [1.29, 1.82) is 0 Å². The molecule has 0 aliphatic carbocycles. The molecule has 0 aliphatic rings. The van der Waals surface area contributed by atoms with E-state index in [1.54, 1.807) is 26.0 Å². The SMILES string of the molecule is Cc1ccc(C(=O)NCC(C)(C)O)cn1. The minimum absolute atomic E-state index is 0.218. The fourth-order valence-corrected chi connectivity index (χ4v) is 1.00. The highest BCUT2D eigenvalue weighted by Crippen LogP contribution is 2.01. The third kappa shape index (κ3) is 4.08. The van der Waals surface area contributed by atoms with Gasteiger partial charge in [0, 0.05) is 18.4 Å². The van der Waals surface area contributed by atoms with Crippen LogP contribution in [-0.2, 0) is 0 Å². The molecule has 2 N–H and O–H groups in total. The first kappa shape index (κ1) is 11.7.